The van der Waals surface area contributed by atoms with Crippen molar-refractivity contribution in [3.8, 4) is 0 Å². The Balaban J connectivity index is 2.06. The number of hydrogen-bond donors (Lipinski definition) is 1. The van der Waals surface area contributed by atoms with Crippen molar-refractivity contribution in [1.82, 2.24) is 14.7 Å². The van der Waals surface area contributed by atoms with Crippen LogP contribution in [0.5, 0.6) is 0 Å². The average Bonchev–Trinajstić information content (AvgIpc) is 2.76. The van der Waals surface area contributed by atoms with E-state index in [0.29, 0.717) is 12.1 Å². The molecule has 1 atom stereocenters. The van der Waals surface area contributed by atoms with E-state index in [-0.39, 0.29) is 11.9 Å². The van der Waals surface area contributed by atoms with Gasteiger partial charge in [-0.3, -0.25) is 9.48 Å². The number of likely N-dealkylation sites (tertiary alicyclic amines) is 1. The van der Waals surface area contributed by atoms with Gasteiger partial charge < -0.3 is 10.6 Å². The standard InChI is InChI=1S/C11H18N4O/c1-2-15-7-9(6-13-15)11(16)14-5-3-4-10(12)8-14/h6-7,10H,2-5,8,12H2,1H3. The summed E-state index contributed by atoms with van der Waals surface area (Å²) in [6.45, 7) is 4.25. The summed E-state index contributed by atoms with van der Waals surface area (Å²) in [5.41, 5.74) is 6.52. The van der Waals surface area contributed by atoms with E-state index in [2.05, 4.69) is 5.10 Å². The van der Waals surface area contributed by atoms with Crippen LogP contribution in [0.3, 0.4) is 0 Å². The fourth-order valence-electron chi connectivity index (χ4n) is 2.02. The Labute approximate surface area is 95.2 Å². The molecule has 5 heteroatoms. The van der Waals surface area contributed by atoms with Crippen molar-refractivity contribution in [2.75, 3.05) is 13.1 Å². The molecule has 0 saturated carbocycles. The van der Waals surface area contributed by atoms with Crippen molar-refractivity contribution in [3.63, 3.8) is 0 Å². The van der Waals surface area contributed by atoms with Crippen molar-refractivity contribution in [3.05, 3.63) is 18.0 Å². The Morgan fingerprint density at radius 1 is 1.69 bits per heavy atom. The molecule has 0 spiro atoms. The Morgan fingerprint density at radius 2 is 2.50 bits per heavy atom. The second-order valence-electron chi connectivity index (χ2n) is 4.24. The number of nitrogens with zero attached hydrogens (tertiary/aromatic N) is 3. The predicted molar refractivity (Wildman–Crippen MR) is 61.0 cm³/mol. The number of aromatic nitrogens is 2. The summed E-state index contributed by atoms with van der Waals surface area (Å²) in [5.74, 6) is 0.0508. The molecule has 1 aliphatic heterocycles. The summed E-state index contributed by atoms with van der Waals surface area (Å²) < 4.78 is 1.76. The molecule has 5 nitrogen and oxygen atoms in total. The van der Waals surface area contributed by atoms with Gasteiger partial charge in [0, 0.05) is 31.9 Å². The molecule has 0 aliphatic carbocycles. The van der Waals surface area contributed by atoms with Gasteiger partial charge in [-0.15, -0.1) is 0 Å². The van der Waals surface area contributed by atoms with Gasteiger partial charge in [-0.1, -0.05) is 0 Å². The largest absolute Gasteiger partial charge is 0.337 e. The van der Waals surface area contributed by atoms with Crippen LogP contribution in [0.25, 0.3) is 0 Å². The molecule has 1 fully saturated rings. The summed E-state index contributed by atoms with van der Waals surface area (Å²) >= 11 is 0. The zero-order valence-electron chi connectivity index (χ0n) is 9.59. The van der Waals surface area contributed by atoms with Crippen molar-refractivity contribution in [2.24, 2.45) is 5.73 Å². The highest BCUT2D eigenvalue weighted by Crippen LogP contribution is 2.12. The zero-order chi connectivity index (χ0) is 11.5. The lowest BCUT2D eigenvalue weighted by Gasteiger charge is -2.30. The maximum absolute atomic E-state index is 12.1. The highest BCUT2D eigenvalue weighted by molar-refractivity contribution is 5.93. The molecule has 1 aromatic heterocycles. The number of carbonyl (C=O) groups is 1. The number of aryl methyl sites for hydroxylation is 1. The Kier molecular flexibility index (Phi) is 3.24. The van der Waals surface area contributed by atoms with Crippen LogP contribution in [0.4, 0.5) is 0 Å². The van der Waals surface area contributed by atoms with Crippen LogP contribution in [-0.4, -0.2) is 39.7 Å². The minimum atomic E-state index is 0.0508. The number of carbonyl (C=O) groups excluding carboxylic acids is 1. The van der Waals surface area contributed by atoms with Crippen LogP contribution in [0.15, 0.2) is 12.4 Å². The number of rotatable bonds is 2. The van der Waals surface area contributed by atoms with Crippen LogP contribution in [0.1, 0.15) is 30.1 Å². The van der Waals surface area contributed by atoms with Crippen molar-refractivity contribution in [2.45, 2.75) is 32.4 Å². The summed E-state index contributed by atoms with van der Waals surface area (Å²) in [4.78, 5) is 13.9. The molecule has 1 unspecified atom stereocenters. The molecule has 0 aromatic carbocycles. The van der Waals surface area contributed by atoms with Gasteiger partial charge in [0.05, 0.1) is 11.8 Å². The lowest BCUT2D eigenvalue weighted by Crippen LogP contribution is -2.45. The van der Waals surface area contributed by atoms with E-state index >= 15 is 0 Å². The van der Waals surface area contributed by atoms with E-state index < -0.39 is 0 Å². The molecule has 1 amide bonds. The fourth-order valence-corrected chi connectivity index (χ4v) is 2.02. The minimum absolute atomic E-state index is 0.0508. The first kappa shape index (κ1) is 11.1. The van der Waals surface area contributed by atoms with Gasteiger partial charge in [0.2, 0.25) is 0 Å². The molecule has 2 rings (SSSR count). The van der Waals surface area contributed by atoms with Crippen LogP contribution in [-0.2, 0) is 6.54 Å². The molecular weight excluding hydrogens is 204 g/mol. The first-order valence-corrected chi connectivity index (χ1v) is 5.78. The predicted octanol–water partition coefficient (Wildman–Crippen LogP) is 0.466. The second kappa shape index (κ2) is 4.65. The monoisotopic (exact) mass is 222 g/mol. The van der Waals surface area contributed by atoms with E-state index in [9.17, 15) is 4.79 Å². The number of nitrogens with two attached hydrogens (primary N) is 1. The highest BCUT2D eigenvalue weighted by atomic mass is 16.2. The van der Waals surface area contributed by atoms with Crippen LogP contribution >= 0.6 is 0 Å². The van der Waals surface area contributed by atoms with Gasteiger partial charge in [0.25, 0.3) is 5.91 Å². The van der Waals surface area contributed by atoms with E-state index in [1.807, 2.05) is 11.8 Å². The van der Waals surface area contributed by atoms with Gasteiger partial charge in [0.1, 0.15) is 0 Å². The molecule has 1 aliphatic rings. The molecular formula is C11H18N4O. The topological polar surface area (TPSA) is 64.2 Å². The van der Waals surface area contributed by atoms with E-state index in [1.54, 1.807) is 17.1 Å². The van der Waals surface area contributed by atoms with Crippen LogP contribution in [0, 0.1) is 0 Å². The van der Waals surface area contributed by atoms with Crippen LogP contribution < -0.4 is 5.73 Å². The summed E-state index contributed by atoms with van der Waals surface area (Å²) in [6.07, 6.45) is 5.43. The molecule has 1 saturated heterocycles. The summed E-state index contributed by atoms with van der Waals surface area (Å²) in [5, 5.41) is 4.11. The van der Waals surface area contributed by atoms with Gasteiger partial charge >= 0.3 is 0 Å². The minimum Gasteiger partial charge on any atom is -0.337 e. The maximum Gasteiger partial charge on any atom is 0.257 e. The lowest BCUT2D eigenvalue weighted by atomic mass is 10.1. The average molecular weight is 222 g/mol. The molecule has 88 valence electrons. The third kappa shape index (κ3) is 2.24. The number of hydrogen-bond acceptors (Lipinski definition) is 3. The Hall–Kier alpha value is -1.36. The van der Waals surface area contributed by atoms with Gasteiger partial charge in [0.15, 0.2) is 0 Å². The molecule has 2 N–H and O–H groups in total. The van der Waals surface area contributed by atoms with Gasteiger partial charge in [-0.2, -0.15) is 5.10 Å². The summed E-state index contributed by atoms with van der Waals surface area (Å²) in [6, 6.07) is 0.124. The Morgan fingerprint density at radius 3 is 3.12 bits per heavy atom. The van der Waals surface area contributed by atoms with E-state index in [1.165, 1.54) is 0 Å². The quantitative estimate of drug-likeness (QED) is 0.791. The molecule has 1 aromatic rings. The maximum atomic E-state index is 12.1. The Bertz CT molecular complexity index is 374. The first-order valence-electron chi connectivity index (χ1n) is 5.78. The lowest BCUT2D eigenvalue weighted by molar-refractivity contribution is 0.0708. The first-order chi connectivity index (χ1) is 7.70. The highest BCUT2D eigenvalue weighted by Gasteiger charge is 2.22. The van der Waals surface area contributed by atoms with Gasteiger partial charge in [-0.05, 0) is 19.8 Å². The fraction of sp³-hybridized carbons (Fsp3) is 0.636. The molecule has 0 bridgehead atoms. The third-order valence-corrected chi connectivity index (χ3v) is 2.95. The SMILES string of the molecule is CCn1cc(C(=O)N2CCCC(N)C2)cn1. The van der Waals surface area contributed by atoms with Crippen molar-refractivity contribution < 1.29 is 4.79 Å². The summed E-state index contributed by atoms with van der Waals surface area (Å²) in [7, 11) is 0. The van der Waals surface area contributed by atoms with E-state index in [0.717, 1.165) is 25.9 Å². The molecule has 2 heterocycles. The van der Waals surface area contributed by atoms with E-state index in [4.69, 9.17) is 5.73 Å². The second-order valence-corrected chi connectivity index (χ2v) is 4.24. The number of piperidine rings is 1. The normalized spacial score (nSPS) is 21.1. The smallest absolute Gasteiger partial charge is 0.257 e. The zero-order valence-corrected chi connectivity index (χ0v) is 9.59. The van der Waals surface area contributed by atoms with Crippen molar-refractivity contribution >= 4 is 5.91 Å². The third-order valence-electron chi connectivity index (χ3n) is 2.95. The molecule has 16 heavy (non-hydrogen) atoms. The van der Waals surface area contributed by atoms with Gasteiger partial charge in [-0.25, -0.2) is 0 Å². The number of amides is 1. The van der Waals surface area contributed by atoms with Crippen LogP contribution in [0.2, 0.25) is 0 Å². The molecule has 0 radical (unpaired) electrons. The van der Waals surface area contributed by atoms with Crippen molar-refractivity contribution in [1.29, 1.82) is 0 Å².